The van der Waals surface area contributed by atoms with Gasteiger partial charge in [-0.1, -0.05) is 12.1 Å². The molecule has 7 nitrogen and oxygen atoms in total. The molecule has 1 amide bonds. The molecule has 0 fully saturated rings. The number of non-ortho nitro benzene ring substituents is 1. The zero-order valence-electron chi connectivity index (χ0n) is 14.1. The highest BCUT2D eigenvalue weighted by Crippen LogP contribution is 2.18. The molecule has 1 atom stereocenters. The van der Waals surface area contributed by atoms with Crippen LogP contribution in [-0.4, -0.2) is 29.7 Å². The zero-order chi connectivity index (χ0) is 17.5. The van der Waals surface area contributed by atoms with Gasteiger partial charge in [-0.3, -0.25) is 10.1 Å². The fraction of sp³-hybridized carbons (Fsp3) is 0.562. The number of hydrogen-bond donors (Lipinski definition) is 2. The van der Waals surface area contributed by atoms with Crippen LogP contribution in [0.4, 0.5) is 10.5 Å². The molecule has 2 N–H and O–H groups in total. The van der Waals surface area contributed by atoms with Crippen LogP contribution in [0.5, 0.6) is 0 Å². The molecule has 0 spiro atoms. The molecule has 0 heterocycles. The molecule has 0 aliphatic carbocycles. The van der Waals surface area contributed by atoms with Gasteiger partial charge in [0, 0.05) is 24.7 Å². The molecule has 1 rings (SSSR count). The Balaban J connectivity index is 2.29. The summed E-state index contributed by atoms with van der Waals surface area (Å²) in [6, 6.07) is 6.56. The largest absolute Gasteiger partial charge is 0.444 e. The van der Waals surface area contributed by atoms with E-state index in [1.165, 1.54) is 6.07 Å². The minimum atomic E-state index is -0.501. The average Bonchev–Trinajstić information content (AvgIpc) is 2.45. The van der Waals surface area contributed by atoms with Crippen molar-refractivity contribution in [2.24, 2.45) is 0 Å². The number of carbonyl (C=O) groups is 1. The summed E-state index contributed by atoms with van der Waals surface area (Å²) in [6.07, 6.45) is 0.308. The molecule has 1 aromatic carbocycles. The summed E-state index contributed by atoms with van der Waals surface area (Å²) < 4.78 is 5.14. The fourth-order valence-corrected chi connectivity index (χ4v) is 1.94. The van der Waals surface area contributed by atoms with E-state index in [0.29, 0.717) is 13.1 Å². The predicted molar refractivity (Wildman–Crippen MR) is 88.4 cm³/mol. The first-order chi connectivity index (χ1) is 10.7. The summed E-state index contributed by atoms with van der Waals surface area (Å²) in [5.41, 5.74) is 0.445. The Morgan fingerprint density at radius 3 is 2.65 bits per heavy atom. The van der Waals surface area contributed by atoms with Crippen LogP contribution in [0.25, 0.3) is 0 Å². The van der Waals surface area contributed by atoms with E-state index in [9.17, 15) is 14.9 Å². The molecule has 0 aliphatic rings. The average molecular weight is 323 g/mol. The zero-order valence-corrected chi connectivity index (χ0v) is 14.1. The minimum Gasteiger partial charge on any atom is -0.444 e. The second kappa shape index (κ2) is 8.47. The number of ether oxygens (including phenoxy) is 1. The van der Waals surface area contributed by atoms with Crippen LogP contribution in [0.1, 0.15) is 45.7 Å². The molecule has 0 aliphatic heterocycles. The third-order valence-corrected chi connectivity index (χ3v) is 3.05. The Morgan fingerprint density at radius 1 is 1.35 bits per heavy atom. The Bertz CT molecular complexity index is 540. The lowest BCUT2D eigenvalue weighted by Gasteiger charge is -2.19. The van der Waals surface area contributed by atoms with Gasteiger partial charge >= 0.3 is 6.09 Å². The molecular weight excluding hydrogens is 298 g/mol. The Morgan fingerprint density at radius 2 is 2.04 bits per heavy atom. The van der Waals surface area contributed by atoms with E-state index in [-0.39, 0.29) is 11.7 Å². The van der Waals surface area contributed by atoms with Crippen molar-refractivity contribution in [3.8, 4) is 0 Å². The molecule has 128 valence electrons. The number of rotatable bonds is 7. The molecular formula is C16H25N3O4. The maximum atomic E-state index is 11.5. The summed E-state index contributed by atoms with van der Waals surface area (Å²) >= 11 is 0. The third kappa shape index (κ3) is 7.60. The molecule has 23 heavy (non-hydrogen) atoms. The van der Waals surface area contributed by atoms with E-state index in [1.807, 2.05) is 33.8 Å². The number of hydrogen-bond acceptors (Lipinski definition) is 5. The molecule has 0 bridgehead atoms. The van der Waals surface area contributed by atoms with Crippen LogP contribution in [0.15, 0.2) is 24.3 Å². The number of carbonyl (C=O) groups excluding carboxylic acids is 1. The molecule has 1 aromatic rings. The quantitative estimate of drug-likeness (QED) is 0.457. The SMILES string of the molecule is CC(NCCCNC(=O)OC(C)(C)C)c1cccc([N+](=O)[O-])c1. The first-order valence-corrected chi connectivity index (χ1v) is 7.63. The number of nitro benzene ring substituents is 1. The molecule has 0 saturated heterocycles. The molecule has 0 aromatic heterocycles. The van der Waals surface area contributed by atoms with Crippen LogP contribution in [0.3, 0.4) is 0 Å². The molecule has 1 unspecified atom stereocenters. The minimum absolute atomic E-state index is 0.00331. The predicted octanol–water partition coefficient (Wildman–Crippen LogP) is 3.16. The number of alkyl carbamates (subject to hydrolysis) is 1. The van der Waals surface area contributed by atoms with Gasteiger partial charge in [0.1, 0.15) is 5.60 Å². The van der Waals surface area contributed by atoms with Crippen LogP contribution in [0.2, 0.25) is 0 Å². The van der Waals surface area contributed by atoms with E-state index >= 15 is 0 Å². The number of nitrogens with one attached hydrogen (secondary N) is 2. The number of nitrogens with zero attached hydrogens (tertiary/aromatic N) is 1. The van der Waals surface area contributed by atoms with Crippen LogP contribution in [-0.2, 0) is 4.74 Å². The lowest BCUT2D eigenvalue weighted by Crippen LogP contribution is -2.34. The molecule has 0 radical (unpaired) electrons. The van der Waals surface area contributed by atoms with Crippen molar-refractivity contribution in [2.75, 3.05) is 13.1 Å². The van der Waals surface area contributed by atoms with E-state index in [1.54, 1.807) is 12.1 Å². The Kier molecular flexibility index (Phi) is 6.96. The fourth-order valence-electron chi connectivity index (χ4n) is 1.94. The van der Waals surface area contributed by atoms with E-state index in [4.69, 9.17) is 4.74 Å². The topological polar surface area (TPSA) is 93.5 Å². The normalized spacial score (nSPS) is 12.5. The van der Waals surface area contributed by atoms with Gasteiger partial charge < -0.3 is 15.4 Å². The highest BCUT2D eigenvalue weighted by Gasteiger charge is 2.15. The van der Waals surface area contributed by atoms with Gasteiger partial charge in [-0.25, -0.2) is 4.79 Å². The number of amides is 1. The van der Waals surface area contributed by atoms with Gasteiger partial charge in [0.25, 0.3) is 5.69 Å². The lowest BCUT2D eigenvalue weighted by molar-refractivity contribution is -0.384. The Hall–Kier alpha value is -2.15. The second-order valence-corrected chi connectivity index (χ2v) is 6.31. The third-order valence-electron chi connectivity index (χ3n) is 3.05. The second-order valence-electron chi connectivity index (χ2n) is 6.31. The van der Waals surface area contributed by atoms with Crippen molar-refractivity contribution < 1.29 is 14.5 Å². The van der Waals surface area contributed by atoms with Crippen molar-refractivity contribution in [2.45, 2.75) is 45.8 Å². The first kappa shape index (κ1) is 18.9. The van der Waals surface area contributed by atoms with Crippen LogP contribution in [0, 0.1) is 10.1 Å². The van der Waals surface area contributed by atoms with Crippen molar-refractivity contribution in [1.29, 1.82) is 0 Å². The summed E-state index contributed by atoms with van der Waals surface area (Å²) in [5.74, 6) is 0. The van der Waals surface area contributed by atoms with Crippen molar-refractivity contribution in [3.05, 3.63) is 39.9 Å². The molecule has 7 heteroatoms. The van der Waals surface area contributed by atoms with Crippen LogP contribution >= 0.6 is 0 Å². The standard InChI is InChI=1S/C16H25N3O4/c1-12(13-7-5-8-14(11-13)19(21)22)17-9-6-10-18-15(20)23-16(2,3)4/h5,7-8,11-12,17H,6,9-10H2,1-4H3,(H,18,20). The first-order valence-electron chi connectivity index (χ1n) is 7.63. The maximum Gasteiger partial charge on any atom is 0.407 e. The van der Waals surface area contributed by atoms with Crippen molar-refractivity contribution in [1.82, 2.24) is 10.6 Å². The van der Waals surface area contributed by atoms with Crippen LogP contribution < -0.4 is 10.6 Å². The number of nitro groups is 1. The van der Waals surface area contributed by atoms with Gasteiger partial charge in [-0.2, -0.15) is 0 Å². The van der Waals surface area contributed by atoms with Gasteiger partial charge in [0.2, 0.25) is 0 Å². The van der Waals surface area contributed by atoms with Crippen molar-refractivity contribution >= 4 is 11.8 Å². The van der Waals surface area contributed by atoms with Gasteiger partial charge in [0.15, 0.2) is 0 Å². The van der Waals surface area contributed by atoms with E-state index in [0.717, 1.165) is 12.0 Å². The number of benzene rings is 1. The summed E-state index contributed by atoms with van der Waals surface area (Å²) in [7, 11) is 0. The van der Waals surface area contributed by atoms with Gasteiger partial charge in [0.05, 0.1) is 4.92 Å². The maximum absolute atomic E-state index is 11.5. The summed E-state index contributed by atoms with van der Waals surface area (Å²) in [5, 5.41) is 16.7. The summed E-state index contributed by atoms with van der Waals surface area (Å²) in [6.45, 7) is 8.57. The lowest BCUT2D eigenvalue weighted by atomic mass is 10.1. The molecule has 0 saturated carbocycles. The monoisotopic (exact) mass is 323 g/mol. The van der Waals surface area contributed by atoms with Crippen molar-refractivity contribution in [3.63, 3.8) is 0 Å². The highest BCUT2D eigenvalue weighted by atomic mass is 16.6. The van der Waals surface area contributed by atoms with Gasteiger partial charge in [-0.05, 0) is 46.2 Å². The van der Waals surface area contributed by atoms with E-state index in [2.05, 4.69) is 10.6 Å². The van der Waals surface area contributed by atoms with Gasteiger partial charge in [-0.15, -0.1) is 0 Å². The highest BCUT2D eigenvalue weighted by molar-refractivity contribution is 5.67. The summed E-state index contributed by atoms with van der Waals surface area (Å²) in [4.78, 5) is 21.8. The van der Waals surface area contributed by atoms with E-state index < -0.39 is 16.6 Å². The smallest absolute Gasteiger partial charge is 0.407 e. The Labute approximate surface area is 136 Å².